The fourth-order valence-corrected chi connectivity index (χ4v) is 7.33. The zero-order valence-corrected chi connectivity index (χ0v) is 21.6. The molecule has 192 valence electrons. The van der Waals surface area contributed by atoms with Crippen molar-refractivity contribution in [3.63, 3.8) is 0 Å². The number of hydrogen-bond acceptors (Lipinski definition) is 8. The number of aliphatic hydroxyl groups is 1. The van der Waals surface area contributed by atoms with E-state index in [0.29, 0.717) is 17.9 Å². The molecule has 2 aliphatic carbocycles. The molecule has 0 aromatic heterocycles. The number of hydrogen-bond donors (Lipinski definition) is 5. The number of carbonyl (C=O) groups is 1. The number of aliphatic hydroxyl groups excluding tert-OH is 1. The van der Waals surface area contributed by atoms with Crippen LogP contribution >= 0.6 is 10.8 Å². The molecule has 2 aromatic carbocycles. The molecule has 1 aliphatic heterocycles. The van der Waals surface area contributed by atoms with E-state index < -0.39 is 26.2 Å². The molecule has 0 unspecified atom stereocenters. The predicted octanol–water partition coefficient (Wildman–Crippen LogP) is 5.30. The number of nitrogens with one attached hydrogen (secondary N) is 2. The van der Waals surface area contributed by atoms with E-state index in [0.717, 1.165) is 37.5 Å². The Morgan fingerprint density at radius 1 is 1.17 bits per heavy atom. The minimum atomic E-state index is -3.81. The van der Waals surface area contributed by atoms with Gasteiger partial charge in [-0.1, -0.05) is 60.7 Å². The van der Waals surface area contributed by atoms with E-state index in [1.54, 1.807) is 12.1 Å². The van der Waals surface area contributed by atoms with Gasteiger partial charge in [0, 0.05) is 5.56 Å². The molecule has 9 nitrogen and oxygen atoms in total. The second-order valence-electron chi connectivity index (χ2n) is 9.95. The van der Waals surface area contributed by atoms with Crippen molar-refractivity contribution < 1.29 is 27.4 Å². The van der Waals surface area contributed by atoms with Gasteiger partial charge in [0.25, 0.3) is 0 Å². The van der Waals surface area contributed by atoms with E-state index in [9.17, 15) is 27.4 Å². The summed E-state index contributed by atoms with van der Waals surface area (Å²) in [5, 5.41) is 14.2. The predicted molar refractivity (Wildman–Crippen MR) is 142 cm³/mol. The number of nitrogens with zero attached hydrogens (tertiary/aromatic N) is 1. The van der Waals surface area contributed by atoms with Crippen LogP contribution < -0.4 is 10.0 Å². The number of rotatable bonds is 5. The van der Waals surface area contributed by atoms with Crippen LogP contribution in [-0.4, -0.2) is 40.5 Å². The Balaban J connectivity index is 1.59. The standard InChI is InChI=1S/C25H29N3O6S2/c1-25(14-15-7-3-4-8-15)18-10-6-5-9-17(18)22(29)21(23(25)30)24-26-19-12-11-16(27-35(2,31)32)13-20(19)36(33,34)28-24/h5-6,9-13,15,27,29,33-34H,3-4,7-8,14H2,1-2H3,(H,26,28)/t25-/m0/s1. The lowest BCUT2D eigenvalue weighted by atomic mass is 9.65. The van der Waals surface area contributed by atoms with Crippen LogP contribution in [0.4, 0.5) is 11.4 Å². The fourth-order valence-electron chi connectivity index (χ4n) is 5.59. The van der Waals surface area contributed by atoms with E-state index in [2.05, 4.69) is 14.4 Å². The van der Waals surface area contributed by atoms with Crippen molar-refractivity contribution in [2.24, 2.45) is 10.3 Å². The molecule has 5 rings (SSSR count). The number of ketones is 1. The molecular weight excluding hydrogens is 502 g/mol. The molecule has 5 N–H and O–H groups in total. The van der Waals surface area contributed by atoms with Gasteiger partial charge in [0.15, 0.2) is 11.6 Å². The summed E-state index contributed by atoms with van der Waals surface area (Å²) in [7, 11) is -7.39. The summed E-state index contributed by atoms with van der Waals surface area (Å²) in [5.41, 5.74) is 0.673. The first-order valence-electron chi connectivity index (χ1n) is 11.7. The van der Waals surface area contributed by atoms with Crippen molar-refractivity contribution in [2.75, 3.05) is 16.3 Å². The first-order chi connectivity index (χ1) is 16.9. The van der Waals surface area contributed by atoms with Gasteiger partial charge in [0.05, 0.1) is 23.0 Å². The van der Waals surface area contributed by atoms with Crippen LogP contribution in [0.1, 0.15) is 50.2 Å². The molecule has 0 bridgehead atoms. The van der Waals surface area contributed by atoms with Gasteiger partial charge in [-0.2, -0.15) is 0 Å². The van der Waals surface area contributed by atoms with Crippen LogP contribution in [0.3, 0.4) is 0 Å². The SMILES string of the molecule is C[C@@]1(CC2CCCC2)C(=O)C(C2=NS(O)(O)c3cc(NS(C)(=O)=O)ccc3N2)=C(O)c2ccccc21. The average Bonchev–Trinajstić information content (AvgIpc) is 3.30. The van der Waals surface area contributed by atoms with Gasteiger partial charge < -0.3 is 10.4 Å². The lowest BCUT2D eigenvalue weighted by Gasteiger charge is -2.39. The minimum absolute atomic E-state index is 0.0163. The van der Waals surface area contributed by atoms with Crippen molar-refractivity contribution in [3.05, 3.63) is 59.2 Å². The van der Waals surface area contributed by atoms with Crippen molar-refractivity contribution >= 4 is 49.6 Å². The van der Waals surface area contributed by atoms with Gasteiger partial charge in [-0.3, -0.25) is 18.6 Å². The first-order valence-corrected chi connectivity index (χ1v) is 15.1. The van der Waals surface area contributed by atoms with Crippen LogP contribution in [0.5, 0.6) is 0 Å². The Morgan fingerprint density at radius 3 is 2.56 bits per heavy atom. The molecule has 0 saturated heterocycles. The van der Waals surface area contributed by atoms with E-state index in [1.165, 1.54) is 18.2 Å². The third-order valence-electron chi connectivity index (χ3n) is 7.20. The summed E-state index contributed by atoms with van der Waals surface area (Å²) in [6.45, 7) is 1.89. The van der Waals surface area contributed by atoms with Gasteiger partial charge in [0.1, 0.15) is 16.2 Å². The maximum absolute atomic E-state index is 14.1. The number of benzene rings is 2. The quantitative estimate of drug-likeness (QED) is 0.352. The third kappa shape index (κ3) is 4.30. The molecule has 0 radical (unpaired) electrons. The zero-order chi connectivity index (χ0) is 25.9. The van der Waals surface area contributed by atoms with Gasteiger partial charge in [-0.15, -0.1) is 4.40 Å². The molecule has 36 heavy (non-hydrogen) atoms. The maximum Gasteiger partial charge on any atom is 0.229 e. The van der Waals surface area contributed by atoms with Crippen LogP contribution in [0.15, 0.2) is 57.3 Å². The van der Waals surface area contributed by atoms with E-state index in [1.807, 2.05) is 19.1 Å². The van der Waals surface area contributed by atoms with E-state index in [-0.39, 0.29) is 39.2 Å². The summed E-state index contributed by atoms with van der Waals surface area (Å²) in [6.07, 6.45) is 5.98. The Hall–Kier alpha value is -2.86. The fraction of sp³-hybridized carbons (Fsp3) is 0.360. The molecule has 1 saturated carbocycles. The van der Waals surface area contributed by atoms with Gasteiger partial charge in [-0.05, 0) is 43.0 Å². The minimum Gasteiger partial charge on any atom is -0.506 e. The van der Waals surface area contributed by atoms with Gasteiger partial charge in [-0.25, -0.2) is 8.42 Å². The van der Waals surface area contributed by atoms with Crippen LogP contribution in [0.25, 0.3) is 5.76 Å². The normalized spacial score (nSPS) is 24.4. The van der Waals surface area contributed by atoms with Crippen molar-refractivity contribution in [2.45, 2.75) is 49.3 Å². The molecule has 3 aliphatic rings. The average molecular weight is 532 g/mol. The Kier molecular flexibility index (Phi) is 5.94. The first kappa shape index (κ1) is 24.8. The highest BCUT2D eigenvalue weighted by Gasteiger charge is 2.47. The number of fused-ring (bicyclic) bond motifs is 2. The number of sulfonamides is 1. The summed E-state index contributed by atoms with van der Waals surface area (Å²) in [5.74, 6) is -0.330. The highest BCUT2D eigenvalue weighted by Crippen LogP contribution is 2.57. The topological polar surface area (TPSA) is 148 Å². The highest BCUT2D eigenvalue weighted by molar-refractivity contribution is 8.23. The Morgan fingerprint density at radius 2 is 1.86 bits per heavy atom. The summed E-state index contributed by atoms with van der Waals surface area (Å²) >= 11 is 0. The highest BCUT2D eigenvalue weighted by atomic mass is 32.3. The van der Waals surface area contributed by atoms with Crippen LogP contribution in [0, 0.1) is 5.92 Å². The van der Waals surface area contributed by atoms with Gasteiger partial charge >= 0.3 is 0 Å². The molecular formula is C25H29N3O6S2. The molecule has 11 heteroatoms. The summed E-state index contributed by atoms with van der Waals surface area (Å²) in [4.78, 5) is 14.1. The molecule has 0 amide bonds. The monoisotopic (exact) mass is 531 g/mol. The smallest absolute Gasteiger partial charge is 0.229 e. The van der Waals surface area contributed by atoms with E-state index in [4.69, 9.17) is 0 Å². The van der Waals surface area contributed by atoms with Crippen molar-refractivity contribution in [3.8, 4) is 0 Å². The van der Waals surface area contributed by atoms with Crippen molar-refractivity contribution in [1.29, 1.82) is 0 Å². The zero-order valence-electron chi connectivity index (χ0n) is 20.0. The second-order valence-corrected chi connectivity index (χ2v) is 13.4. The number of carbonyl (C=O) groups excluding carboxylic acids is 1. The number of amidine groups is 1. The molecule has 1 heterocycles. The Labute approximate surface area is 211 Å². The summed E-state index contributed by atoms with van der Waals surface area (Å²) in [6, 6.07) is 11.5. The third-order valence-corrected chi connectivity index (χ3v) is 9.17. The summed E-state index contributed by atoms with van der Waals surface area (Å²) < 4.78 is 51.4. The lowest BCUT2D eigenvalue weighted by Crippen LogP contribution is -2.43. The molecule has 2 aromatic rings. The lowest BCUT2D eigenvalue weighted by molar-refractivity contribution is -0.120. The Bertz CT molecular complexity index is 1430. The number of anilines is 2. The van der Waals surface area contributed by atoms with E-state index >= 15 is 0 Å². The van der Waals surface area contributed by atoms with Crippen LogP contribution in [-0.2, 0) is 20.2 Å². The number of Topliss-reactive ketones (excluding diaryl/α,β-unsaturated/α-hetero) is 1. The molecule has 1 atom stereocenters. The second kappa shape index (κ2) is 8.62. The molecule has 1 fully saturated rings. The largest absolute Gasteiger partial charge is 0.506 e. The van der Waals surface area contributed by atoms with Gasteiger partial charge in [0.2, 0.25) is 10.0 Å². The van der Waals surface area contributed by atoms with Crippen LogP contribution in [0.2, 0.25) is 0 Å². The maximum atomic E-state index is 14.1. The van der Waals surface area contributed by atoms with Crippen molar-refractivity contribution in [1.82, 2.24) is 0 Å². The molecule has 0 spiro atoms.